The number of ether oxygens (including phenoxy) is 1. The van der Waals surface area contributed by atoms with Gasteiger partial charge in [-0.05, 0) is 32.8 Å². The van der Waals surface area contributed by atoms with Gasteiger partial charge in [-0.25, -0.2) is 0 Å². The molecule has 0 spiro atoms. The molecule has 0 aliphatic carbocycles. The fourth-order valence-corrected chi connectivity index (χ4v) is 2.80. The van der Waals surface area contributed by atoms with E-state index in [0.29, 0.717) is 18.9 Å². The fourth-order valence-electron chi connectivity index (χ4n) is 2.01. The minimum absolute atomic E-state index is 0.107. The first-order valence-electron chi connectivity index (χ1n) is 7.11. The minimum atomic E-state index is 0.107. The molecule has 1 rings (SSSR count). The Balaban J connectivity index is 2.15. The molecule has 0 radical (unpaired) electrons. The number of amides is 1. The Kier molecular flexibility index (Phi) is 8.38. The number of aryl methyl sites for hydroxylation is 2. The van der Waals surface area contributed by atoms with Gasteiger partial charge in [0.2, 0.25) is 5.91 Å². The molecular formula is C16H25NO2S. The molecule has 0 bridgehead atoms. The van der Waals surface area contributed by atoms with Crippen molar-refractivity contribution in [1.29, 1.82) is 0 Å². The summed E-state index contributed by atoms with van der Waals surface area (Å²) in [6.07, 6.45) is 0.876. The van der Waals surface area contributed by atoms with E-state index in [4.69, 9.17) is 4.74 Å². The van der Waals surface area contributed by atoms with E-state index in [-0.39, 0.29) is 5.91 Å². The van der Waals surface area contributed by atoms with Crippen LogP contribution in [0.1, 0.15) is 30.0 Å². The average Bonchev–Trinajstić information content (AvgIpc) is 2.37. The van der Waals surface area contributed by atoms with Crippen LogP contribution in [0.15, 0.2) is 18.2 Å². The molecule has 1 aromatic rings. The number of carbonyl (C=O) groups excluding carboxylic acids is 1. The molecule has 20 heavy (non-hydrogen) atoms. The highest BCUT2D eigenvalue weighted by molar-refractivity contribution is 7.99. The monoisotopic (exact) mass is 295 g/mol. The first kappa shape index (κ1) is 17.1. The second-order valence-corrected chi connectivity index (χ2v) is 5.87. The van der Waals surface area contributed by atoms with E-state index in [1.54, 1.807) is 11.8 Å². The van der Waals surface area contributed by atoms with Gasteiger partial charge in [-0.1, -0.05) is 29.3 Å². The maximum absolute atomic E-state index is 11.6. The summed E-state index contributed by atoms with van der Waals surface area (Å²) in [6.45, 7) is 8.33. The highest BCUT2D eigenvalue weighted by Gasteiger charge is 2.02. The van der Waals surface area contributed by atoms with Crippen LogP contribution in [0.2, 0.25) is 0 Å². The fraction of sp³-hybridized carbons (Fsp3) is 0.562. The highest BCUT2D eigenvalue weighted by Crippen LogP contribution is 2.15. The lowest BCUT2D eigenvalue weighted by Gasteiger charge is -2.06. The molecule has 1 amide bonds. The van der Waals surface area contributed by atoms with Crippen LogP contribution in [0.4, 0.5) is 0 Å². The van der Waals surface area contributed by atoms with E-state index < -0.39 is 0 Å². The maximum Gasteiger partial charge on any atom is 0.230 e. The maximum atomic E-state index is 11.6. The molecular weight excluding hydrogens is 270 g/mol. The summed E-state index contributed by atoms with van der Waals surface area (Å²) < 4.78 is 5.22. The van der Waals surface area contributed by atoms with Crippen LogP contribution in [-0.2, 0) is 15.3 Å². The van der Waals surface area contributed by atoms with Crippen LogP contribution in [0.3, 0.4) is 0 Å². The molecule has 112 valence electrons. The molecule has 0 fully saturated rings. The van der Waals surface area contributed by atoms with Crippen molar-refractivity contribution in [3.8, 4) is 0 Å². The summed E-state index contributed by atoms with van der Waals surface area (Å²) in [4.78, 5) is 11.6. The molecule has 1 N–H and O–H groups in total. The largest absolute Gasteiger partial charge is 0.382 e. The normalized spacial score (nSPS) is 10.6. The smallest absolute Gasteiger partial charge is 0.230 e. The summed E-state index contributed by atoms with van der Waals surface area (Å²) in [5, 5.41) is 2.91. The van der Waals surface area contributed by atoms with E-state index in [0.717, 1.165) is 18.8 Å². The Labute approximate surface area is 126 Å². The van der Waals surface area contributed by atoms with Gasteiger partial charge in [0.1, 0.15) is 0 Å². The van der Waals surface area contributed by atoms with Crippen molar-refractivity contribution in [2.24, 2.45) is 0 Å². The second-order valence-electron chi connectivity index (χ2n) is 4.89. The Morgan fingerprint density at radius 2 is 1.95 bits per heavy atom. The van der Waals surface area contributed by atoms with Crippen molar-refractivity contribution < 1.29 is 9.53 Å². The average molecular weight is 295 g/mol. The lowest BCUT2D eigenvalue weighted by Crippen LogP contribution is -2.26. The molecule has 0 saturated heterocycles. The summed E-state index contributed by atoms with van der Waals surface area (Å²) >= 11 is 1.66. The third-order valence-corrected chi connectivity index (χ3v) is 3.78. The predicted octanol–water partition coefficient (Wildman–Crippen LogP) is 3.08. The third-order valence-electron chi connectivity index (χ3n) is 2.78. The lowest BCUT2D eigenvalue weighted by molar-refractivity contribution is -0.118. The Morgan fingerprint density at radius 1 is 1.25 bits per heavy atom. The number of thioether (sulfide) groups is 1. The van der Waals surface area contributed by atoms with Crippen molar-refractivity contribution in [2.45, 2.75) is 32.9 Å². The summed E-state index contributed by atoms with van der Waals surface area (Å²) in [7, 11) is 0. The van der Waals surface area contributed by atoms with Crippen LogP contribution < -0.4 is 5.32 Å². The third kappa shape index (κ3) is 7.56. The topological polar surface area (TPSA) is 38.3 Å². The van der Waals surface area contributed by atoms with Crippen molar-refractivity contribution in [2.75, 3.05) is 25.5 Å². The Bertz CT molecular complexity index is 401. The quantitative estimate of drug-likeness (QED) is 0.712. The van der Waals surface area contributed by atoms with Crippen LogP contribution in [0.25, 0.3) is 0 Å². The van der Waals surface area contributed by atoms with Crippen LogP contribution in [0, 0.1) is 13.8 Å². The number of rotatable bonds is 9. The zero-order chi connectivity index (χ0) is 14.8. The van der Waals surface area contributed by atoms with Gasteiger partial charge in [0.25, 0.3) is 0 Å². The Hall–Kier alpha value is -1.00. The van der Waals surface area contributed by atoms with E-state index >= 15 is 0 Å². The number of carbonyl (C=O) groups is 1. The first-order chi connectivity index (χ1) is 9.61. The zero-order valence-electron chi connectivity index (χ0n) is 12.7. The van der Waals surface area contributed by atoms with Crippen LogP contribution in [-0.4, -0.2) is 31.4 Å². The minimum Gasteiger partial charge on any atom is -0.382 e. The van der Waals surface area contributed by atoms with E-state index in [2.05, 4.69) is 37.4 Å². The van der Waals surface area contributed by atoms with Crippen LogP contribution >= 0.6 is 11.8 Å². The van der Waals surface area contributed by atoms with Gasteiger partial charge in [0.15, 0.2) is 0 Å². The predicted molar refractivity (Wildman–Crippen MR) is 86.2 cm³/mol. The molecule has 1 aromatic carbocycles. The number of hydrogen-bond donors (Lipinski definition) is 1. The zero-order valence-corrected chi connectivity index (χ0v) is 13.5. The van der Waals surface area contributed by atoms with Gasteiger partial charge in [0, 0.05) is 25.5 Å². The second kappa shape index (κ2) is 9.83. The SMILES string of the molecule is CCOCCCNC(=O)CSCc1cc(C)cc(C)c1. The van der Waals surface area contributed by atoms with E-state index in [9.17, 15) is 4.79 Å². The molecule has 0 heterocycles. The van der Waals surface area contributed by atoms with Gasteiger partial charge in [-0.15, -0.1) is 11.8 Å². The van der Waals surface area contributed by atoms with Gasteiger partial charge in [-0.3, -0.25) is 4.79 Å². The van der Waals surface area contributed by atoms with Crippen molar-refractivity contribution in [1.82, 2.24) is 5.32 Å². The number of nitrogens with one attached hydrogen (secondary N) is 1. The van der Waals surface area contributed by atoms with Crippen molar-refractivity contribution in [3.63, 3.8) is 0 Å². The standard InChI is InChI=1S/C16H25NO2S/c1-4-19-7-5-6-17-16(18)12-20-11-15-9-13(2)8-14(3)10-15/h8-10H,4-7,11-12H2,1-3H3,(H,17,18). The molecule has 4 heteroatoms. The van der Waals surface area contributed by atoms with Gasteiger partial charge in [0.05, 0.1) is 5.75 Å². The molecule has 0 unspecified atom stereocenters. The molecule has 3 nitrogen and oxygen atoms in total. The molecule has 0 aromatic heterocycles. The highest BCUT2D eigenvalue weighted by atomic mass is 32.2. The van der Waals surface area contributed by atoms with Crippen molar-refractivity contribution in [3.05, 3.63) is 34.9 Å². The van der Waals surface area contributed by atoms with Gasteiger partial charge >= 0.3 is 0 Å². The van der Waals surface area contributed by atoms with Gasteiger partial charge in [-0.2, -0.15) is 0 Å². The molecule has 0 aliphatic rings. The van der Waals surface area contributed by atoms with Gasteiger partial charge < -0.3 is 10.1 Å². The van der Waals surface area contributed by atoms with Crippen molar-refractivity contribution >= 4 is 17.7 Å². The van der Waals surface area contributed by atoms with E-state index in [1.165, 1.54) is 16.7 Å². The molecule has 0 saturated carbocycles. The van der Waals surface area contributed by atoms with E-state index in [1.807, 2.05) is 6.92 Å². The van der Waals surface area contributed by atoms with Crippen LogP contribution in [0.5, 0.6) is 0 Å². The number of benzene rings is 1. The molecule has 0 aliphatic heterocycles. The first-order valence-corrected chi connectivity index (χ1v) is 8.26. The Morgan fingerprint density at radius 3 is 2.60 bits per heavy atom. The summed E-state index contributed by atoms with van der Waals surface area (Å²) in [5.41, 5.74) is 3.85. The lowest BCUT2D eigenvalue weighted by atomic mass is 10.1. The summed E-state index contributed by atoms with van der Waals surface area (Å²) in [5.74, 6) is 1.51. The molecule has 0 atom stereocenters. The number of hydrogen-bond acceptors (Lipinski definition) is 3. The summed E-state index contributed by atoms with van der Waals surface area (Å²) in [6, 6.07) is 6.53.